The lowest BCUT2D eigenvalue weighted by Crippen LogP contribution is -2.47. The van der Waals surface area contributed by atoms with Crippen LogP contribution in [0.2, 0.25) is 0 Å². The number of nitrogens with zero attached hydrogens (tertiary/aromatic N) is 3. The van der Waals surface area contributed by atoms with Gasteiger partial charge in [-0.25, -0.2) is 0 Å². The molecule has 7 nitrogen and oxygen atoms in total. The standard InChI is InChI=1S/C14H22N4O3/c1-9-13(10(2)17(3)16-9)15-12(19)8-18-7-5-4-6-11(18)14(20)21/h11H,4-8H2,1-3H3,(H,15,19)(H,20,21). The maximum atomic E-state index is 12.2. The number of likely N-dealkylation sites (tertiary alicyclic amines) is 1. The number of aryl methyl sites for hydroxylation is 2. The average Bonchev–Trinajstić information content (AvgIpc) is 2.66. The van der Waals surface area contributed by atoms with E-state index in [4.69, 9.17) is 0 Å². The molecule has 2 N–H and O–H groups in total. The average molecular weight is 294 g/mol. The Morgan fingerprint density at radius 3 is 2.67 bits per heavy atom. The minimum atomic E-state index is -0.851. The first-order valence-electron chi connectivity index (χ1n) is 7.17. The van der Waals surface area contributed by atoms with Gasteiger partial charge in [0.1, 0.15) is 6.04 Å². The van der Waals surface area contributed by atoms with E-state index in [2.05, 4.69) is 10.4 Å². The van der Waals surface area contributed by atoms with E-state index < -0.39 is 12.0 Å². The van der Waals surface area contributed by atoms with Crippen LogP contribution in [0.5, 0.6) is 0 Å². The van der Waals surface area contributed by atoms with Gasteiger partial charge in [0, 0.05) is 7.05 Å². The van der Waals surface area contributed by atoms with Crippen LogP contribution in [-0.2, 0) is 16.6 Å². The Labute approximate surface area is 123 Å². The number of aliphatic carboxylic acids is 1. The molecule has 2 heterocycles. The maximum absolute atomic E-state index is 12.2. The fraction of sp³-hybridized carbons (Fsp3) is 0.643. The molecule has 0 bridgehead atoms. The second-order valence-electron chi connectivity index (χ2n) is 5.54. The van der Waals surface area contributed by atoms with Gasteiger partial charge >= 0.3 is 5.97 Å². The smallest absolute Gasteiger partial charge is 0.320 e. The van der Waals surface area contributed by atoms with E-state index >= 15 is 0 Å². The third-order valence-electron chi connectivity index (χ3n) is 4.02. The number of carboxylic acids is 1. The van der Waals surface area contributed by atoms with Crippen molar-refractivity contribution in [2.45, 2.75) is 39.2 Å². The molecule has 1 atom stereocenters. The predicted octanol–water partition coefficient (Wildman–Crippen LogP) is 0.915. The SMILES string of the molecule is Cc1nn(C)c(C)c1NC(=O)CN1CCCCC1C(=O)O. The number of hydrogen-bond acceptors (Lipinski definition) is 4. The Bertz CT molecular complexity index is 553. The van der Waals surface area contributed by atoms with Gasteiger partial charge in [0.2, 0.25) is 5.91 Å². The van der Waals surface area contributed by atoms with Crippen LogP contribution in [0.25, 0.3) is 0 Å². The van der Waals surface area contributed by atoms with Gasteiger partial charge in [-0.05, 0) is 33.2 Å². The van der Waals surface area contributed by atoms with Gasteiger partial charge in [-0.1, -0.05) is 6.42 Å². The Morgan fingerprint density at radius 1 is 1.38 bits per heavy atom. The predicted molar refractivity (Wildman–Crippen MR) is 78.2 cm³/mol. The minimum absolute atomic E-state index is 0.102. The molecule has 1 aromatic rings. The van der Waals surface area contributed by atoms with Crippen molar-refractivity contribution in [2.75, 3.05) is 18.4 Å². The van der Waals surface area contributed by atoms with Gasteiger partial charge in [-0.3, -0.25) is 19.2 Å². The Balaban J connectivity index is 2.02. The van der Waals surface area contributed by atoms with Crippen molar-refractivity contribution in [3.8, 4) is 0 Å². The van der Waals surface area contributed by atoms with Crippen LogP contribution in [0.15, 0.2) is 0 Å². The number of aromatic nitrogens is 2. The Hall–Kier alpha value is -1.89. The highest BCUT2D eigenvalue weighted by molar-refractivity contribution is 5.93. The zero-order valence-corrected chi connectivity index (χ0v) is 12.7. The molecule has 0 radical (unpaired) electrons. The molecule has 1 aliphatic rings. The van der Waals surface area contributed by atoms with Crippen molar-refractivity contribution in [2.24, 2.45) is 7.05 Å². The molecule has 1 saturated heterocycles. The van der Waals surface area contributed by atoms with Gasteiger partial charge in [0.05, 0.1) is 23.6 Å². The number of piperidine rings is 1. The highest BCUT2D eigenvalue weighted by Gasteiger charge is 2.29. The van der Waals surface area contributed by atoms with E-state index in [1.165, 1.54) is 0 Å². The number of hydrogen-bond donors (Lipinski definition) is 2. The normalized spacial score (nSPS) is 19.5. The number of nitrogens with one attached hydrogen (secondary N) is 1. The molecule has 0 spiro atoms. The van der Waals surface area contributed by atoms with Crippen molar-refractivity contribution < 1.29 is 14.7 Å². The summed E-state index contributed by atoms with van der Waals surface area (Å²) in [6.45, 7) is 4.47. The fourth-order valence-electron chi connectivity index (χ4n) is 2.78. The maximum Gasteiger partial charge on any atom is 0.320 e. The molecule has 116 valence electrons. The summed E-state index contributed by atoms with van der Waals surface area (Å²) in [5, 5.41) is 16.3. The highest BCUT2D eigenvalue weighted by atomic mass is 16.4. The van der Waals surface area contributed by atoms with Crippen molar-refractivity contribution in [3.05, 3.63) is 11.4 Å². The van der Waals surface area contributed by atoms with Gasteiger partial charge in [-0.2, -0.15) is 5.10 Å². The number of rotatable bonds is 4. The zero-order chi connectivity index (χ0) is 15.6. The van der Waals surface area contributed by atoms with Gasteiger partial charge in [-0.15, -0.1) is 0 Å². The Morgan fingerprint density at radius 2 is 2.10 bits per heavy atom. The minimum Gasteiger partial charge on any atom is -0.480 e. The van der Waals surface area contributed by atoms with Crippen LogP contribution < -0.4 is 5.32 Å². The number of carbonyl (C=O) groups excluding carboxylic acids is 1. The molecule has 1 amide bonds. The second-order valence-corrected chi connectivity index (χ2v) is 5.54. The molecule has 0 saturated carbocycles. The summed E-state index contributed by atoms with van der Waals surface area (Å²) in [4.78, 5) is 25.1. The van der Waals surface area contributed by atoms with Crippen LogP contribution in [0.4, 0.5) is 5.69 Å². The van der Waals surface area contributed by atoms with Crippen LogP contribution in [-0.4, -0.2) is 50.8 Å². The topological polar surface area (TPSA) is 87.5 Å². The molecule has 7 heteroatoms. The van der Waals surface area contributed by atoms with E-state index in [9.17, 15) is 14.7 Å². The quantitative estimate of drug-likeness (QED) is 0.862. The van der Waals surface area contributed by atoms with E-state index in [0.717, 1.165) is 24.2 Å². The fourth-order valence-corrected chi connectivity index (χ4v) is 2.78. The van der Waals surface area contributed by atoms with Gasteiger partial charge < -0.3 is 10.4 Å². The first kappa shape index (κ1) is 15.5. The van der Waals surface area contributed by atoms with Crippen molar-refractivity contribution in [1.82, 2.24) is 14.7 Å². The third-order valence-corrected chi connectivity index (χ3v) is 4.02. The van der Waals surface area contributed by atoms with E-state index in [0.29, 0.717) is 18.7 Å². The van der Waals surface area contributed by atoms with E-state index in [1.807, 2.05) is 20.9 Å². The molecular weight excluding hydrogens is 272 g/mol. The Kier molecular flexibility index (Phi) is 4.62. The van der Waals surface area contributed by atoms with Crippen LogP contribution in [0, 0.1) is 13.8 Å². The van der Waals surface area contributed by atoms with Crippen LogP contribution >= 0.6 is 0 Å². The molecule has 0 aromatic carbocycles. The number of carbonyl (C=O) groups is 2. The molecule has 1 fully saturated rings. The van der Waals surface area contributed by atoms with Crippen LogP contribution in [0.1, 0.15) is 30.7 Å². The lowest BCUT2D eigenvalue weighted by Gasteiger charge is -2.32. The molecule has 1 unspecified atom stereocenters. The molecule has 21 heavy (non-hydrogen) atoms. The lowest BCUT2D eigenvalue weighted by molar-refractivity contribution is -0.145. The second kappa shape index (κ2) is 6.26. The summed E-state index contributed by atoms with van der Waals surface area (Å²) in [5.41, 5.74) is 2.36. The molecular formula is C14H22N4O3. The number of carboxylic acid groups (broad SMARTS) is 1. The molecule has 1 aromatic heterocycles. The summed E-state index contributed by atoms with van der Waals surface area (Å²) in [6, 6.07) is -0.555. The zero-order valence-electron chi connectivity index (χ0n) is 12.7. The first-order valence-corrected chi connectivity index (χ1v) is 7.17. The van der Waals surface area contributed by atoms with Gasteiger partial charge in [0.25, 0.3) is 0 Å². The largest absolute Gasteiger partial charge is 0.480 e. The summed E-state index contributed by atoms with van der Waals surface area (Å²) in [6.07, 6.45) is 2.44. The van der Waals surface area contributed by atoms with Crippen LogP contribution in [0.3, 0.4) is 0 Å². The van der Waals surface area contributed by atoms with Crippen molar-refractivity contribution >= 4 is 17.6 Å². The summed E-state index contributed by atoms with van der Waals surface area (Å²) < 4.78 is 1.71. The monoisotopic (exact) mass is 294 g/mol. The highest BCUT2D eigenvalue weighted by Crippen LogP contribution is 2.20. The first-order chi connectivity index (χ1) is 9.90. The van der Waals surface area contributed by atoms with Crippen molar-refractivity contribution in [3.63, 3.8) is 0 Å². The summed E-state index contributed by atoms with van der Waals surface area (Å²) in [5.74, 6) is -1.04. The third kappa shape index (κ3) is 3.41. The number of anilines is 1. The summed E-state index contributed by atoms with van der Waals surface area (Å²) >= 11 is 0. The lowest BCUT2D eigenvalue weighted by atomic mass is 10.0. The number of amides is 1. The van der Waals surface area contributed by atoms with E-state index in [-0.39, 0.29) is 12.5 Å². The molecule has 2 rings (SSSR count). The summed E-state index contributed by atoms with van der Waals surface area (Å²) in [7, 11) is 1.82. The van der Waals surface area contributed by atoms with E-state index in [1.54, 1.807) is 9.58 Å². The molecule has 1 aliphatic heterocycles. The van der Waals surface area contributed by atoms with Crippen molar-refractivity contribution in [1.29, 1.82) is 0 Å². The molecule has 0 aliphatic carbocycles. The van der Waals surface area contributed by atoms with Gasteiger partial charge in [0.15, 0.2) is 0 Å².